The predicted octanol–water partition coefficient (Wildman–Crippen LogP) is 2.94. The van der Waals surface area contributed by atoms with Gasteiger partial charge in [-0.3, -0.25) is 4.68 Å². The largest absolute Gasteiger partial charge is 0.358 e. The van der Waals surface area contributed by atoms with Gasteiger partial charge in [-0.1, -0.05) is 13.8 Å². The maximum absolute atomic E-state index is 4.57. The standard InChI is InChI=1S/C14H18N6S/c1-8(2)11(14-15-7-16-20(14)4)19-13-12-10(5-6-21-12)17-9(3)18-13/h5-8,11H,1-4H3,(H,17,18,19). The summed E-state index contributed by atoms with van der Waals surface area (Å²) in [5.41, 5.74) is 0.982. The van der Waals surface area contributed by atoms with Gasteiger partial charge in [0.1, 0.15) is 23.8 Å². The smallest absolute Gasteiger partial charge is 0.149 e. The lowest BCUT2D eigenvalue weighted by Crippen LogP contribution is -2.21. The Morgan fingerprint density at radius 1 is 1.29 bits per heavy atom. The molecule has 7 heteroatoms. The molecule has 0 bridgehead atoms. The zero-order chi connectivity index (χ0) is 15.0. The highest BCUT2D eigenvalue weighted by Gasteiger charge is 2.22. The molecular formula is C14H18N6S. The molecule has 0 spiro atoms. The number of nitrogens with zero attached hydrogens (tertiary/aromatic N) is 5. The molecule has 6 nitrogen and oxygen atoms in total. The zero-order valence-electron chi connectivity index (χ0n) is 12.5. The molecule has 1 atom stereocenters. The molecule has 0 fully saturated rings. The summed E-state index contributed by atoms with van der Waals surface area (Å²) in [6.07, 6.45) is 1.58. The molecule has 0 saturated carbocycles. The Balaban J connectivity index is 2.02. The lowest BCUT2D eigenvalue weighted by atomic mass is 10.0. The first-order valence-corrected chi connectivity index (χ1v) is 7.76. The lowest BCUT2D eigenvalue weighted by Gasteiger charge is -2.22. The van der Waals surface area contributed by atoms with Crippen LogP contribution in [0, 0.1) is 12.8 Å². The summed E-state index contributed by atoms with van der Waals surface area (Å²) in [4.78, 5) is 13.4. The highest BCUT2D eigenvalue weighted by Crippen LogP contribution is 2.30. The normalized spacial score (nSPS) is 13.0. The fourth-order valence-corrected chi connectivity index (χ4v) is 3.12. The van der Waals surface area contributed by atoms with E-state index in [9.17, 15) is 0 Å². The summed E-state index contributed by atoms with van der Waals surface area (Å²) in [7, 11) is 1.91. The van der Waals surface area contributed by atoms with Crippen molar-refractivity contribution in [2.45, 2.75) is 26.8 Å². The van der Waals surface area contributed by atoms with Gasteiger partial charge in [-0.15, -0.1) is 11.3 Å². The van der Waals surface area contributed by atoms with Gasteiger partial charge < -0.3 is 5.32 Å². The summed E-state index contributed by atoms with van der Waals surface area (Å²) in [6, 6.07) is 2.07. The van der Waals surface area contributed by atoms with E-state index in [1.54, 1.807) is 22.3 Å². The van der Waals surface area contributed by atoms with Crippen LogP contribution in [0.3, 0.4) is 0 Å². The molecule has 0 aliphatic heterocycles. The van der Waals surface area contributed by atoms with Crippen molar-refractivity contribution in [1.82, 2.24) is 24.7 Å². The molecule has 0 aromatic carbocycles. The van der Waals surface area contributed by atoms with Crippen molar-refractivity contribution in [2.75, 3.05) is 5.32 Å². The van der Waals surface area contributed by atoms with Crippen molar-refractivity contribution in [2.24, 2.45) is 13.0 Å². The van der Waals surface area contributed by atoms with Crippen molar-refractivity contribution in [1.29, 1.82) is 0 Å². The fourth-order valence-electron chi connectivity index (χ4n) is 2.34. The second-order valence-corrected chi connectivity index (χ2v) is 6.28. The van der Waals surface area contributed by atoms with Crippen molar-refractivity contribution in [3.8, 4) is 0 Å². The first kappa shape index (κ1) is 13.9. The van der Waals surface area contributed by atoms with Crippen LogP contribution in [0.5, 0.6) is 0 Å². The Kier molecular flexibility index (Phi) is 3.59. The summed E-state index contributed by atoms with van der Waals surface area (Å²) in [5, 5.41) is 9.73. The van der Waals surface area contributed by atoms with Crippen LogP contribution in [0.2, 0.25) is 0 Å². The molecule has 3 aromatic heterocycles. The van der Waals surface area contributed by atoms with E-state index in [2.05, 4.69) is 39.2 Å². The van der Waals surface area contributed by atoms with E-state index < -0.39 is 0 Å². The van der Waals surface area contributed by atoms with Gasteiger partial charge in [-0.2, -0.15) is 5.10 Å². The van der Waals surface area contributed by atoms with Gasteiger partial charge in [-0.05, 0) is 24.3 Å². The van der Waals surface area contributed by atoms with Gasteiger partial charge in [0.15, 0.2) is 0 Å². The number of hydrogen-bond donors (Lipinski definition) is 1. The van der Waals surface area contributed by atoms with E-state index in [1.807, 2.05) is 25.4 Å². The molecule has 1 unspecified atom stereocenters. The highest BCUT2D eigenvalue weighted by molar-refractivity contribution is 7.17. The van der Waals surface area contributed by atoms with Crippen LogP contribution in [0.4, 0.5) is 5.82 Å². The van der Waals surface area contributed by atoms with Gasteiger partial charge in [0.05, 0.1) is 16.3 Å². The molecule has 0 amide bonds. The van der Waals surface area contributed by atoms with Crippen molar-refractivity contribution in [3.63, 3.8) is 0 Å². The van der Waals surface area contributed by atoms with Crippen molar-refractivity contribution < 1.29 is 0 Å². The Morgan fingerprint density at radius 2 is 2.10 bits per heavy atom. The van der Waals surface area contributed by atoms with Gasteiger partial charge in [0, 0.05) is 7.05 Å². The number of aromatic nitrogens is 5. The maximum Gasteiger partial charge on any atom is 0.149 e. The first-order valence-electron chi connectivity index (χ1n) is 6.88. The van der Waals surface area contributed by atoms with Crippen molar-refractivity contribution >= 4 is 27.4 Å². The molecule has 0 aliphatic rings. The molecule has 110 valence electrons. The Morgan fingerprint density at radius 3 is 2.76 bits per heavy atom. The van der Waals surface area contributed by atoms with Crippen LogP contribution in [0.1, 0.15) is 31.5 Å². The van der Waals surface area contributed by atoms with Crippen LogP contribution in [0.25, 0.3) is 10.2 Å². The molecule has 0 radical (unpaired) electrons. The van der Waals surface area contributed by atoms with Crippen LogP contribution < -0.4 is 5.32 Å². The minimum absolute atomic E-state index is 0.0529. The summed E-state index contributed by atoms with van der Waals surface area (Å²) < 4.78 is 2.88. The Labute approximate surface area is 127 Å². The number of rotatable bonds is 4. The SMILES string of the molecule is Cc1nc(NC(c2ncnn2C)C(C)C)c2sccc2n1. The molecule has 0 saturated heterocycles. The predicted molar refractivity (Wildman–Crippen MR) is 84.4 cm³/mol. The summed E-state index contributed by atoms with van der Waals surface area (Å²) in [6.45, 7) is 6.23. The number of thiophene rings is 1. The molecule has 3 rings (SSSR count). The van der Waals surface area contributed by atoms with Gasteiger partial charge >= 0.3 is 0 Å². The van der Waals surface area contributed by atoms with Crippen LogP contribution in [0.15, 0.2) is 17.8 Å². The first-order chi connectivity index (χ1) is 10.1. The average Bonchev–Trinajstić information content (AvgIpc) is 3.04. The Bertz CT molecular complexity index is 760. The molecule has 3 heterocycles. The fraction of sp³-hybridized carbons (Fsp3) is 0.429. The van der Waals surface area contributed by atoms with E-state index in [4.69, 9.17) is 0 Å². The van der Waals surface area contributed by atoms with E-state index in [0.717, 1.165) is 27.7 Å². The number of fused-ring (bicyclic) bond motifs is 1. The van der Waals surface area contributed by atoms with Crippen molar-refractivity contribution in [3.05, 3.63) is 29.4 Å². The van der Waals surface area contributed by atoms with Gasteiger partial charge in [0.25, 0.3) is 0 Å². The molecular weight excluding hydrogens is 284 g/mol. The second-order valence-electron chi connectivity index (χ2n) is 5.36. The number of hydrogen-bond acceptors (Lipinski definition) is 6. The van der Waals surface area contributed by atoms with Gasteiger partial charge in [-0.25, -0.2) is 15.0 Å². The lowest BCUT2D eigenvalue weighted by molar-refractivity contribution is 0.497. The minimum Gasteiger partial charge on any atom is -0.358 e. The second kappa shape index (κ2) is 5.40. The monoisotopic (exact) mass is 302 g/mol. The van der Waals surface area contributed by atoms with Crippen LogP contribution in [-0.2, 0) is 7.05 Å². The Hall–Kier alpha value is -2.02. The molecule has 0 aliphatic carbocycles. The topological polar surface area (TPSA) is 68.5 Å². The average molecular weight is 302 g/mol. The quantitative estimate of drug-likeness (QED) is 0.802. The van der Waals surface area contributed by atoms with E-state index in [0.29, 0.717) is 5.92 Å². The highest BCUT2D eigenvalue weighted by atomic mass is 32.1. The number of anilines is 1. The van der Waals surface area contributed by atoms with E-state index in [1.165, 1.54) is 0 Å². The molecule has 1 N–H and O–H groups in total. The van der Waals surface area contributed by atoms with E-state index in [-0.39, 0.29) is 6.04 Å². The maximum atomic E-state index is 4.57. The van der Waals surface area contributed by atoms with E-state index >= 15 is 0 Å². The molecule has 21 heavy (non-hydrogen) atoms. The number of aryl methyl sites for hydroxylation is 2. The minimum atomic E-state index is 0.0529. The third-order valence-corrected chi connectivity index (χ3v) is 4.31. The van der Waals surface area contributed by atoms with Crippen LogP contribution >= 0.6 is 11.3 Å². The van der Waals surface area contributed by atoms with Crippen LogP contribution in [-0.4, -0.2) is 24.7 Å². The zero-order valence-corrected chi connectivity index (χ0v) is 13.3. The number of nitrogens with one attached hydrogen (secondary N) is 1. The summed E-state index contributed by atoms with van der Waals surface area (Å²) in [5.74, 6) is 2.90. The third-order valence-electron chi connectivity index (χ3n) is 3.40. The summed E-state index contributed by atoms with van der Waals surface area (Å²) >= 11 is 1.65. The third kappa shape index (κ3) is 2.61. The van der Waals surface area contributed by atoms with Gasteiger partial charge in [0.2, 0.25) is 0 Å². The molecule has 3 aromatic rings.